The number of rotatable bonds is 13. The fraction of sp³-hybridized carbons (Fsp3) is 0.355. The van der Waals surface area contributed by atoms with E-state index in [1.54, 1.807) is 43.3 Å². The van der Waals surface area contributed by atoms with Crippen molar-refractivity contribution < 1.29 is 18.0 Å². The van der Waals surface area contributed by atoms with Gasteiger partial charge >= 0.3 is 0 Å². The molecular weight excluding hydrogens is 590 g/mol. The van der Waals surface area contributed by atoms with Gasteiger partial charge in [-0.1, -0.05) is 84.2 Å². The zero-order valence-corrected chi connectivity index (χ0v) is 26.0. The average Bonchev–Trinajstić information content (AvgIpc) is 2.95. The van der Waals surface area contributed by atoms with Crippen molar-refractivity contribution in [2.24, 2.45) is 0 Å². The van der Waals surface area contributed by atoms with Crippen molar-refractivity contribution in [2.45, 2.75) is 64.4 Å². The summed E-state index contributed by atoms with van der Waals surface area (Å²) in [6.07, 6.45) is 2.34. The van der Waals surface area contributed by atoms with E-state index in [9.17, 15) is 18.0 Å². The van der Waals surface area contributed by atoms with Gasteiger partial charge in [-0.05, 0) is 68.1 Å². The predicted molar refractivity (Wildman–Crippen MR) is 164 cm³/mol. The number of hydrogen-bond acceptors (Lipinski definition) is 4. The Kier molecular flexibility index (Phi) is 11.3. The van der Waals surface area contributed by atoms with Crippen LogP contribution in [0.5, 0.6) is 0 Å². The Labute approximate surface area is 246 Å². The molecule has 0 aromatic heterocycles. The van der Waals surface area contributed by atoms with Gasteiger partial charge in [0.05, 0.1) is 10.6 Å². The number of halogens is 1. The van der Waals surface area contributed by atoms with Crippen LogP contribution >= 0.6 is 15.9 Å². The van der Waals surface area contributed by atoms with Gasteiger partial charge in [0, 0.05) is 17.6 Å². The Bertz CT molecular complexity index is 1390. The van der Waals surface area contributed by atoms with Gasteiger partial charge in [-0.15, -0.1) is 0 Å². The number of hydrogen-bond donors (Lipinski definition) is 1. The fourth-order valence-corrected chi connectivity index (χ4v) is 6.03. The third-order valence-electron chi connectivity index (χ3n) is 6.79. The maximum Gasteiger partial charge on any atom is 0.264 e. The Hall–Kier alpha value is -3.17. The number of carbonyl (C=O) groups excluding carboxylic acids is 2. The lowest BCUT2D eigenvalue weighted by Gasteiger charge is -2.32. The second-order valence-electron chi connectivity index (χ2n) is 9.78. The van der Waals surface area contributed by atoms with E-state index in [0.29, 0.717) is 18.7 Å². The molecule has 7 nitrogen and oxygen atoms in total. The molecule has 0 heterocycles. The number of nitrogens with zero attached hydrogens (tertiary/aromatic N) is 2. The second-order valence-corrected chi connectivity index (χ2v) is 12.6. The van der Waals surface area contributed by atoms with Crippen molar-refractivity contribution in [2.75, 3.05) is 17.4 Å². The first-order valence-corrected chi connectivity index (χ1v) is 15.8. The molecule has 3 aromatic rings. The van der Waals surface area contributed by atoms with Gasteiger partial charge in [0.2, 0.25) is 11.8 Å². The molecule has 0 aliphatic heterocycles. The maximum absolute atomic E-state index is 14.0. The summed E-state index contributed by atoms with van der Waals surface area (Å²) in [4.78, 5) is 28.7. The molecule has 0 spiro atoms. The molecule has 0 bridgehead atoms. The summed E-state index contributed by atoms with van der Waals surface area (Å²) < 4.78 is 30.1. The first-order valence-electron chi connectivity index (χ1n) is 13.6. The fourth-order valence-electron chi connectivity index (χ4n) is 4.31. The number of benzene rings is 3. The van der Waals surface area contributed by atoms with Gasteiger partial charge in [-0.25, -0.2) is 8.42 Å². The first-order chi connectivity index (χ1) is 19.1. The van der Waals surface area contributed by atoms with Crippen LogP contribution in [0.1, 0.15) is 50.3 Å². The standard InChI is InChI=1S/C31H38BrN3O4S/c1-5-7-20-33-31(37)24(4)34(21-25-14-16-27(32)17-15-25)30(36)22-35(29-11-9-8-10-26(29)6-2)40(38,39)28-18-12-23(3)13-19-28/h8-19,24H,5-7,20-22H2,1-4H3,(H,33,37)/t24-/m1/s1. The van der Waals surface area contributed by atoms with Crippen molar-refractivity contribution in [1.82, 2.24) is 10.2 Å². The number of aryl methyl sites for hydroxylation is 2. The van der Waals surface area contributed by atoms with Gasteiger partial charge in [0.1, 0.15) is 12.6 Å². The van der Waals surface area contributed by atoms with Crippen molar-refractivity contribution in [1.29, 1.82) is 0 Å². The third-order valence-corrected chi connectivity index (χ3v) is 9.09. The Balaban J connectivity index is 2.03. The summed E-state index contributed by atoms with van der Waals surface area (Å²) in [5, 5.41) is 2.91. The molecule has 40 heavy (non-hydrogen) atoms. The van der Waals surface area contributed by atoms with Crippen LogP contribution in [0.4, 0.5) is 5.69 Å². The number of para-hydroxylation sites is 1. The molecule has 0 aliphatic carbocycles. The van der Waals surface area contributed by atoms with Gasteiger partial charge in [-0.3, -0.25) is 13.9 Å². The zero-order chi connectivity index (χ0) is 29.3. The lowest BCUT2D eigenvalue weighted by Crippen LogP contribution is -2.51. The van der Waals surface area contributed by atoms with Crippen molar-refractivity contribution in [3.8, 4) is 0 Å². The van der Waals surface area contributed by atoms with E-state index in [0.717, 1.165) is 34.0 Å². The Morgan fingerprint density at radius 2 is 1.60 bits per heavy atom. The minimum absolute atomic E-state index is 0.0987. The molecule has 214 valence electrons. The minimum atomic E-state index is -4.09. The lowest BCUT2D eigenvalue weighted by molar-refractivity contribution is -0.139. The van der Waals surface area contributed by atoms with E-state index in [1.807, 2.05) is 57.2 Å². The van der Waals surface area contributed by atoms with E-state index in [2.05, 4.69) is 21.2 Å². The highest BCUT2D eigenvalue weighted by Gasteiger charge is 2.33. The van der Waals surface area contributed by atoms with Gasteiger partial charge < -0.3 is 10.2 Å². The second kappa shape index (κ2) is 14.5. The average molecular weight is 629 g/mol. The Morgan fingerprint density at radius 1 is 0.950 bits per heavy atom. The van der Waals surface area contributed by atoms with Gasteiger partial charge in [0.15, 0.2) is 0 Å². The summed E-state index contributed by atoms with van der Waals surface area (Å²) >= 11 is 3.43. The summed E-state index contributed by atoms with van der Waals surface area (Å²) in [5.41, 5.74) is 3.00. The van der Waals surface area contributed by atoms with Crippen LogP contribution in [0, 0.1) is 6.92 Å². The van der Waals surface area contributed by atoms with Crippen LogP contribution in [-0.4, -0.2) is 44.3 Å². The largest absolute Gasteiger partial charge is 0.354 e. The van der Waals surface area contributed by atoms with Crippen LogP contribution < -0.4 is 9.62 Å². The van der Waals surface area contributed by atoms with E-state index in [4.69, 9.17) is 0 Å². The van der Waals surface area contributed by atoms with Crippen LogP contribution in [0.15, 0.2) is 82.2 Å². The topological polar surface area (TPSA) is 86.8 Å². The smallest absolute Gasteiger partial charge is 0.264 e. The predicted octanol–water partition coefficient (Wildman–Crippen LogP) is 5.85. The molecule has 0 unspecified atom stereocenters. The molecule has 0 fully saturated rings. The molecule has 0 radical (unpaired) electrons. The van der Waals surface area contributed by atoms with Crippen molar-refractivity contribution in [3.63, 3.8) is 0 Å². The maximum atomic E-state index is 14.0. The molecule has 1 atom stereocenters. The van der Waals surface area contributed by atoms with Crippen molar-refractivity contribution >= 4 is 43.5 Å². The quantitative estimate of drug-likeness (QED) is 0.241. The number of nitrogens with one attached hydrogen (secondary N) is 1. The zero-order valence-electron chi connectivity index (χ0n) is 23.6. The SMILES string of the molecule is CCCCNC(=O)[C@@H](C)N(Cc1ccc(Br)cc1)C(=O)CN(c1ccccc1CC)S(=O)(=O)c1ccc(C)cc1. The highest BCUT2D eigenvalue weighted by atomic mass is 79.9. The number of unbranched alkanes of at least 4 members (excludes halogenated alkanes) is 1. The summed E-state index contributed by atoms with van der Waals surface area (Å²) in [7, 11) is -4.09. The highest BCUT2D eigenvalue weighted by molar-refractivity contribution is 9.10. The van der Waals surface area contributed by atoms with Crippen LogP contribution in [0.3, 0.4) is 0 Å². The molecule has 0 aliphatic rings. The minimum Gasteiger partial charge on any atom is -0.354 e. The third kappa shape index (κ3) is 7.95. The normalized spacial score (nSPS) is 12.0. The first kappa shape index (κ1) is 31.4. The molecule has 0 saturated carbocycles. The molecular formula is C31H38BrN3O4S. The van der Waals surface area contributed by atoms with Crippen LogP contribution in [-0.2, 0) is 32.6 Å². The van der Waals surface area contributed by atoms with Crippen LogP contribution in [0.2, 0.25) is 0 Å². The molecule has 9 heteroatoms. The number of amides is 2. The molecule has 0 saturated heterocycles. The Morgan fingerprint density at radius 3 is 2.23 bits per heavy atom. The molecule has 2 amide bonds. The number of sulfonamides is 1. The number of carbonyl (C=O) groups is 2. The van der Waals surface area contributed by atoms with E-state index in [-0.39, 0.29) is 17.3 Å². The van der Waals surface area contributed by atoms with Gasteiger partial charge in [0.25, 0.3) is 10.0 Å². The highest BCUT2D eigenvalue weighted by Crippen LogP contribution is 2.28. The summed E-state index contributed by atoms with van der Waals surface area (Å²) in [6, 6.07) is 20.5. The monoisotopic (exact) mass is 627 g/mol. The number of anilines is 1. The van der Waals surface area contributed by atoms with E-state index >= 15 is 0 Å². The lowest BCUT2D eigenvalue weighted by atomic mass is 10.1. The van der Waals surface area contributed by atoms with Gasteiger partial charge in [-0.2, -0.15) is 0 Å². The van der Waals surface area contributed by atoms with E-state index in [1.165, 1.54) is 9.21 Å². The van der Waals surface area contributed by atoms with Crippen molar-refractivity contribution in [3.05, 3.63) is 94.0 Å². The summed E-state index contributed by atoms with van der Waals surface area (Å²) in [6.45, 7) is 7.76. The summed E-state index contributed by atoms with van der Waals surface area (Å²) in [5.74, 6) is -0.747. The molecule has 3 aromatic carbocycles. The molecule has 3 rings (SSSR count). The molecule has 1 N–H and O–H groups in total. The van der Waals surface area contributed by atoms with E-state index < -0.39 is 28.5 Å². The van der Waals surface area contributed by atoms with Crippen LogP contribution in [0.25, 0.3) is 0 Å².